The molecule has 0 saturated carbocycles. The fourth-order valence-corrected chi connectivity index (χ4v) is 3.88. The van der Waals surface area contributed by atoms with E-state index in [1.54, 1.807) is 0 Å². The summed E-state index contributed by atoms with van der Waals surface area (Å²) in [5, 5.41) is 0.994. The lowest BCUT2D eigenvalue weighted by atomic mass is 10.0. The Morgan fingerprint density at radius 1 is 1.07 bits per heavy atom. The molecule has 0 N–H and O–H groups in total. The summed E-state index contributed by atoms with van der Waals surface area (Å²) in [6, 6.07) is 14.0. The van der Waals surface area contributed by atoms with E-state index < -0.39 is 0 Å². The van der Waals surface area contributed by atoms with E-state index in [4.69, 9.17) is 9.72 Å². The van der Waals surface area contributed by atoms with Crippen LogP contribution in [-0.2, 0) is 11.3 Å². The summed E-state index contributed by atoms with van der Waals surface area (Å²) in [7, 11) is 0. The van der Waals surface area contributed by atoms with Gasteiger partial charge < -0.3 is 9.64 Å². The van der Waals surface area contributed by atoms with Gasteiger partial charge in [-0.25, -0.2) is 9.78 Å². The van der Waals surface area contributed by atoms with Crippen LogP contribution in [0.25, 0.3) is 10.9 Å². The van der Waals surface area contributed by atoms with Crippen molar-refractivity contribution in [3.05, 3.63) is 65.5 Å². The van der Waals surface area contributed by atoms with E-state index in [2.05, 4.69) is 20.9 Å². The summed E-state index contributed by atoms with van der Waals surface area (Å²) >= 11 is 0. The van der Waals surface area contributed by atoms with Crippen molar-refractivity contribution in [3.8, 4) is 0 Å². The number of nitrogens with zero attached hydrogens (tertiary/aromatic N) is 4. The van der Waals surface area contributed by atoms with Crippen LogP contribution >= 0.6 is 0 Å². The first-order valence-corrected chi connectivity index (χ1v) is 10.1. The molecule has 1 aliphatic heterocycles. The zero-order valence-electron chi connectivity index (χ0n) is 17.0. The molecule has 1 aromatic carbocycles. The quantitative estimate of drug-likeness (QED) is 0.622. The predicted molar refractivity (Wildman–Crippen MR) is 114 cm³/mol. The van der Waals surface area contributed by atoms with Crippen molar-refractivity contribution in [2.45, 2.75) is 20.4 Å². The Bertz CT molecular complexity index is 998. The van der Waals surface area contributed by atoms with Gasteiger partial charge in [-0.1, -0.05) is 24.3 Å². The summed E-state index contributed by atoms with van der Waals surface area (Å²) < 4.78 is 5.37. The van der Waals surface area contributed by atoms with Gasteiger partial charge in [0.2, 0.25) is 0 Å². The number of carbonyl (C=O) groups is 1. The molecule has 1 saturated heterocycles. The third-order valence-corrected chi connectivity index (χ3v) is 5.40. The number of carbonyl (C=O) groups excluding carboxylic acids is 1. The summed E-state index contributed by atoms with van der Waals surface area (Å²) in [5.74, 6) is 0.436. The van der Waals surface area contributed by atoms with Crippen molar-refractivity contribution >= 4 is 22.7 Å². The van der Waals surface area contributed by atoms with Gasteiger partial charge in [0.25, 0.3) is 0 Å². The highest BCUT2D eigenvalue weighted by Crippen LogP contribution is 2.30. The number of rotatable bonds is 5. The molecular formula is C23H26N4O2. The van der Waals surface area contributed by atoms with Gasteiger partial charge in [0.15, 0.2) is 0 Å². The number of benzene rings is 1. The van der Waals surface area contributed by atoms with E-state index in [0.29, 0.717) is 12.2 Å². The van der Waals surface area contributed by atoms with Gasteiger partial charge in [0.05, 0.1) is 17.8 Å². The van der Waals surface area contributed by atoms with Crippen molar-refractivity contribution in [1.82, 2.24) is 14.9 Å². The van der Waals surface area contributed by atoms with Crippen LogP contribution in [0.15, 0.2) is 48.7 Å². The number of piperazine rings is 1. The number of ether oxygens (including phenoxy) is 1. The van der Waals surface area contributed by atoms with Crippen molar-refractivity contribution in [2.75, 3.05) is 37.7 Å². The number of pyridine rings is 2. The minimum absolute atomic E-state index is 0.297. The maximum absolute atomic E-state index is 12.8. The van der Waals surface area contributed by atoms with E-state index >= 15 is 0 Å². The fraction of sp³-hybridized carbons (Fsp3) is 0.348. The van der Waals surface area contributed by atoms with Crippen LogP contribution < -0.4 is 4.90 Å². The second-order valence-corrected chi connectivity index (χ2v) is 7.26. The molecule has 1 fully saturated rings. The molecule has 4 rings (SSSR count). The third-order valence-electron chi connectivity index (χ3n) is 5.40. The molecule has 6 heteroatoms. The minimum atomic E-state index is -0.297. The second kappa shape index (κ2) is 8.57. The van der Waals surface area contributed by atoms with E-state index in [0.717, 1.165) is 60.7 Å². The third kappa shape index (κ3) is 4.07. The van der Waals surface area contributed by atoms with Gasteiger partial charge in [-0.15, -0.1) is 0 Å². The summed E-state index contributed by atoms with van der Waals surface area (Å²) in [6.45, 7) is 8.41. The van der Waals surface area contributed by atoms with E-state index in [1.807, 2.05) is 56.4 Å². The number of aryl methyl sites for hydroxylation is 1. The second-order valence-electron chi connectivity index (χ2n) is 7.26. The first-order valence-electron chi connectivity index (χ1n) is 10.1. The minimum Gasteiger partial charge on any atom is -0.462 e. The van der Waals surface area contributed by atoms with Crippen molar-refractivity contribution in [2.24, 2.45) is 0 Å². The van der Waals surface area contributed by atoms with Crippen molar-refractivity contribution in [3.63, 3.8) is 0 Å². The predicted octanol–water partition coefficient (Wildman–Crippen LogP) is 3.44. The average molecular weight is 390 g/mol. The van der Waals surface area contributed by atoms with E-state index in [-0.39, 0.29) is 5.97 Å². The topological polar surface area (TPSA) is 58.6 Å². The van der Waals surface area contributed by atoms with E-state index in [9.17, 15) is 4.79 Å². The maximum Gasteiger partial charge on any atom is 0.342 e. The van der Waals surface area contributed by atoms with Gasteiger partial charge in [-0.2, -0.15) is 0 Å². The lowest BCUT2D eigenvalue weighted by Gasteiger charge is -2.36. The molecule has 0 amide bonds. The van der Waals surface area contributed by atoms with Gasteiger partial charge >= 0.3 is 5.97 Å². The molecule has 3 aromatic rings. The number of anilines is 1. The Balaban J connectivity index is 1.60. The van der Waals surface area contributed by atoms with Gasteiger partial charge in [-0.3, -0.25) is 9.88 Å². The Morgan fingerprint density at radius 3 is 2.55 bits per heavy atom. The Morgan fingerprint density at radius 2 is 1.83 bits per heavy atom. The van der Waals surface area contributed by atoms with Crippen LogP contribution in [0, 0.1) is 6.92 Å². The molecule has 29 heavy (non-hydrogen) atoms. The monoisotopic (exact) mass is 390 g/mol. The standard InChI is InChI=1S/C23H26N4O2/c1-3-29-23(28)21-17(2)19-9-4-5-10-20(19)25-22(21)27-14-12-26(13-15-27)16-18-8-6-7-11-24-18/h4-11H,3,12-16H2,1-2H3. The lowest BCUT2D eigenvalue weighted by Crippen LogP contribution is -2.47. The molecule has 2 aromatic heterocycles. The number of fused-ring (bicyclic) bond motifs is 1. The molecule has 1 aliphatic rings. The Labute approximate surface area is 171 Å². The zero-order valence-corrected chi connectivity index (χ0v) is 17.0. The average Bonchev–Trinajstić information content (AvgIpc) is 2.75. The highest BCUT2D eigenvalue weighted by atomic mass is 16.5. The zero-order chi connectivity index (χ0) is 20.2. The number of hydrogen-bond acceptors (Lipinski definition) is 6. The molecule has 150 valence electrons. The molecule has 6 nitrogen and oxygen atoms in total. The fourth-order valence-electron chi connectivity index (χ4n) is 3.88. The first kappa shape index (κ1) is 19.3. The highest BCUT2D eigenvalue weighted by Gasteiger charge is 2.26. The number of para-hydroxylation sites is 1. The Hall–Kier alpha value is -2.99. The van der Waals surface area contributed by atoms with Gasteiger partial charge in [-0.05, 0) is 37.6 Å². The first-order chi connectivity index (χ1) is 14.2. The summed E-state index contributed by atoms with van der Waals surface area (Å²) in [6.07, 6.45) is 1.83. The highest BCUT2D eigenvalue weighted by molar-refractivity contribution is 6.02. The molecule has 0 radical (unpaired) electrons. The van der Waals surface area contributed by atoms with Gasteiger partial charge in [0, 0.05) is 44.3 Å². The van der Waals surface area contributed by atoms with Crippen molar-refractivity contribution < 1.29 is 9.53 Å². The normalized spacial score (nSPS) is 14.9. The van der Waals surface area contributed by atoms with Crippen LogP contribution in [0.1, 0.15) is 28.5 Å². The molecule has 0 unspecified atom stereocenters. The molecule has 3 heterocycles. The Kier molecular flexibility index (Phi) is 5.71. The number of hydrogen-bond donors (Lipinski definition) is 0. The van der Waals surface area contributed by atoms with Crippen LogP contribution in [0.4, 0.5) is 5.82 Å². The van der Waals surface area contributed by atoms with Crippen LogP contribution in [0.5, 0.6) is 0 Å². The van der Waals surface area contributed by atoms with Gasteiger partial charge in [0.1, 0.15) is 11.4 Å². The SMILES string of the molecule is CCOC(=O)c1c(N2CCN(Cc3ccccn3)CC2)nc2ccccc2c1C. The molecule has 0 bridgehead atoms. The smallest absolute Gasteiger partial charge is 0.342 e. The molecule has 0 spiro atoms. The maximum atomic E-state index is 12.8. The van der Waals surface area contributed by atoms with Crippen LogP contribution in [0.3, 0.4) is 0 Å². The number of esters is 1. The molecule has 0 aliphatic carbocycles. The number of aromatic nitrogens is 2. The summed E-state index contributed by atoms with van der Waals surface area (Å²) in [5.41, 5.74) is 3.50. The van der Waals surface area contributed by atoms with Crippen LogP contribution in [0.2, 0.25) is 0 Å². The molecular weight excluding hydrogens is 364 g/mol. The summed E-state index contributed by atoms with van der Waals surface area (Å²) in [4.78, 5) is 26.7. The lowest BCUT2D eigenvalue weighted by molar-refractivity contribution is 0.0526. The molecule has 0 atom stereocenters. The van der Waals surface area contributed by atoms with Crippen LogP contribution in [-0.4, -0.2) is 53.6 Å². The van der Waals surface area contributed by atoms with E-state index in [1.165, 1.54) is 0 Å². The van der Waals surface area contributed by atoms with Crippen molar-refractivity contribution in [1.29, 1.82) is 0 Å². The largest absolute Gasteiger partial charge is 0.462 e.